The summed E-state index contributed by atoms with van der Waals surface area (Å²) in [5.74, 6) is 0.688. The van der Waals surface area contributed by atoms with E-state index >= 15 is 0 Å². The third kappa shape index (κ3) is 4.06. The van der Waals surface area contributed by atoms with Gasteiger partial charge in [-0.3, -0.25) is 4.98 Å². The summed E-state index contributed by atoms with van der Waals surface area (Å²) in [4.78, 5) is 3.98. The molecule has 2 aromatic rings. The number of fused-ring (bicyclic) bond motifs is 1. The molecule has 116 valence electrons. The standard InChI is InChI=1S/C18H22N2O2/c21-17(13-22-18-6-3-9-19-12-18)11-20-16-8-7-14-4-1-2-5-15(14)10-16/h1-6,9,12,16-17,20-21H,7-8,10-11,13H2. The molecule has 4 nitrogen and oxygen atoms in total. The third-order valence-corrected chi connectivity index (χ3v) is 4.07. The number of ether oxygens (including phenoxy) is 1. The first-order valence-corrected chi connectivity index (χ1v) is 7.82. The minimum Gasteiger partial charge on any atom is -0.489 e. The molecular formula is C18H22N2O2. The lowest BCUT2D eigenvalue weighted by Gasteiger charge is -2.26. The molecule has 0 fully saturated rings. The van der Waals surface area contributed by atoms with E-state index in [2.05, 4.69) is 34.6 Å². The van der Waals surface area contributed by atoms with Gasteiger partial charge in [0.15, 0.2) is 0 Å². The van der Waals surface area contributed by atoms with Gasteiger partial charge in [0, 0.05) is 18.8 Å². The van der Waals surface area contributed by atoms with Crippen LogP contribution in [-0.4, -0.2) is 35.4 Å². The van der Waals surface area contributed by atoms with Crippen molar-refractivity contribution < 1.29 is 9.84 Å². The highest BCUT2D eigenvalue weighted by Crippen LogP contribution is 2.20. The van der Waals surface area contributed by atoms with Crippen LogP contribution in [0.2, 0.25) is 0 Å². The van der Waals surface area contributed by atoms with E-state index in [1.54, 1.807) is 12.4 Å². The number of aliphatic hydroxyl groups excluding tert-OH is 1. The summed E-state index contributed by atoms with van der Waals surface area (Å²) in [7, 11) is 0. The molecule has 0 spiro atoms. The van der Waals surface area contributed by atoms with Gasteiger partial charge in [0.2, 0.25) is 0 Å². The normalized spacial score (nSPS) is 18.5. The molecule has 1 aromatic carbocycles. The van der Waals surface area contributed by atoms with Crippen LogP contribution in [0.3, 0.4) is 0 Å². The number of rotatable bonds is 6. The Kier molecular flexibility index (Phi) is 5.03. The average Bonchev–Trinajstić information content (AvgIpc) is 2.59. The maximum Gasteiger partial charge on any atom is 0.137 e. The minimum absolute atomic E-state index is 0.280. The van der Waals surface area contributed by atoms with Crippen LogP contribution in [-0.2, 0) is 12.8 Å². The second-order valence-electron chi connectivity index (χ2n) is 5.77. The lowest BCUT2D eigenvalue weighted by molar-refractivity contribution is 0.103. The fourth-order valence-corrected chi connectivity index (χ4v) is 2.86. The van der Waals surface area contributed by atoms with Crippen LogP contribution in [0.15, 0.2) is 48.8 Å². The molecule has 0 saturated carbocycles. The van der Waals surface area contributed by atoms with Crippen LogP contribution < -0.4 is 10.1 Å². The van der Waals surface area contributed by atoms with Gasteiger partial charge < -0.3 is 15.2 Å². The molecule has 22 heavy (non-hydrogen) atoms. The molecule has 2 N–H and O–H groups in total. The molecular weight excluding hydrogens is 276 g/mol. The maximum absolute atomic E-state index is 10.0. The van der Waals surface area contributed by atoms with Gasteiger partial charge in [-0.05, 0) is 42.5 Å². The second-order valence-corrected chi connectivity index (χ2v) is 5.77. The molecule has 0 radical (unpaired) electrons. The Labute approximate surface area is 131 Å². The van der Waals surface area contributed by atoms with Crippen LogP contribution in [0.4, 0.5) is 0 Å². The molecule has 1 aromatic heterocycles. The summed E-state index contributed by atoms with van der Waals surface area (Å²) in [6.45, 7) is 0.828. The van der Waals surface area contributed by atoms with Crippen molar-refractivity contribution in [1.82, 2.24) is 10.3 Å². The number of nitrogens with zero attached hydrogens (tertiary/aromatic N) is 1. The molecule has 2 unspecified atom stereocenters. The highest BCUT2D eigenvalue weighted by atomic mass is 16.5. The molecule has 3 rings (SSSR count). The van der Waals surface area contributed by atoms with Crippen molar-refractivity contribution in [1.29, 1.82) is 0 Å². The highest BCUT2D eigenvalue weighted by molar-refractivity contribution is 5.30. The van der Waals surface area contributed by atoms with Crippen molar-refractivity contribution in [2.75, 3.05) is 13.2 Å². The fraction of sp³-hybridized carbons (Fsp3) is 0.389. The summed E-state index contributed by atoms with van der Waals surface area (Å²) >= 11 is 0. The van der Waals surface area contributed by atoms with E-state index in [4.69, 9.17) is 4.74 Å². The van der Waals surface area contributed by atoms with Gasteiger partial charge in [-0.2, -0.15) is 0 Å². The monoisotopic (exact) mass is 298 g/mol. The van der Waals surface area contributed by atoms with E-state index in [1.807, 2.05) is 12.1 Å². The molecule has 1 aliphatic carbocycles. The van der Waals surface area contributed by atoms with Crippen molar-refractivity contribution in [2.24, 2.45) is 0 Å². The number of hydrogen-bond donors (Lipinski definition) is 2. The second kappa shape index (κ2) is 7.38. The number of hydrogen-bond acceptors (Lipinski definition) is 4. The van der Waals surface area contributed by atoms with Crippen LogP contribution in [0.5, 0.6) is 5.75 Å². The van der Waals surface area contributed by atoms with Crippen LogP contribution in [0.25, 0.3) is 0 Å². The van der Waals surface area contributed by atoms with Gasteiger partial charge in [-0.1, -0.05) is 24.3 Å². The molecule has 0 saturated heterocycles. The van der Waals surface area contributed by atoms with E-state index in [9.17, 15) is 5.11 Å². The molecule has 0 aliphatic heterocycles. The van der Waals surface area contributed by atoms with Gasteiger partial charge in [-0.15, -0.1) is 0 Å². The van der Waals surface area contributed by atoms with Gasteiger partial charge in [0.05, 0.1) is 6.20 Å². The topological polar surface area (TPSA) is 54.4 Å². The van der Waals surface area contributed by atoms with Crippen molar-refractivity contribution in [3.05, 3.63) is 59.9 Å². The molecule has 4 heteroatoms. The van der Waals surface area contributed by atoms with Gasteiger partial charge in [0.1, 0.15) is 18.5 Å². The van der Waals surface area contributed by atoms with E-state index in [0.717, 1.165) is 19.3 Å². The van der Waals surface area contributed by atoms with Crippen LogP contribution >= 0.6 is 0 Å². The third-order valence-electron chi connectivity index (χ3n) is 4.07. The summed E-state index contributed by atoms with van der Waals surface area (Å²) < 4.78 is 5.51. The fourth-order valence-electron chi connectivity index (χ4n) is 2.86. The largest absolute Gasteiger partial charge is 0.489 e. The number of pyridine rings is 1. The number of benzene rings is 1. The summed E-state index contributed by atoms with van der Waals surface area (Å²) in [5, 5.41) is 13.5. The number of nitrogens with one attached hydrogen (secondary N) is 1. The highest BCUT2D eigenvalue weighted by Gasteiger charge is 2.18. The predicted molar refractivity (Wildman–Crippen MR) is 86.0 cm³/mol. The predicted octanol–water partition coefficient (Wildman–Crippen LogP) is 1.97. The van der Waals surface area contributed by atoms with Gasteiger partial charge >= 0.3 is 0 Å². The Hall–Kier alpha value is -1.91. The summed E-state index contributed by atoms with van der Waals surface area (Å²) in [5.41, 5.74) is 2.88. The van der Waals surface area contributed by atoms with E-state index < -0.39 is 6.10 Å². The minimum atomic E-state index is -0.516. The zero-order valence-corrected chi connectivity index (χ0v) is 12.6. The number of aryl methyl sites for hydroxylation is 1. The Bertz CT molecular complexity index is 589. The number of aliphatic hydroxyl groups is 1. The zero-order valence-electron chi connectivity index (χ0n) is 12.6. The van der Waals surface area contributed by atoms with Crippen molar-refractivity contribution >= 4 is 0 Å². The van der Waals surface area contributed by atoms with Gasteiger partial charge in [-0.25, -0.2) is 0 Å². The number of aromatic nitrogens is 1. The van der Waals surface area contributed by atoms with E-state index in [-0.39, 0.29) is 6.61 Å². The van der Waals surface area contributed by atoms with Crippen molar-refractivity contribution in [2.45, 2.75) is 31.4 Å². The Morgan fingerprint density at radius 1 is 1.23 bits per heavy atom. The molecule has 1 aliphatic rings. The lowest BCUT2D eigenvalue weighted by Crippen LogP contribution is -2.40. The SMILES string of the molecule is OC(CNC1CCc2ccccc2C1)COc1cccnc1. The maximum atomic E-state index is 10.0. The smallest absolute Gasteiger partial charge is 0.137 e. The first kappa shape index (κ1) is 15.0. The first-order chi connectivity index (χ1) is 10.8. The van der Waals surface area contributed by atoms with E-state index in [0.29, 0.717) is 18.3 Å². The zero-order chi connectivity index (χ0) is 15.2. The van der Waals surface area contributed by atoms with Crippen molar-refractivity contribution in [3.63, 3.8) is 0 Å². The van der Waals surface area contributed by atoms with Crippen LogP contribution in [0.1, 0.15) is 17.5 Å². The van der Waals surface area contributed by atoms with Gasteiger partial charge in [0.25, 0.3) is 0 Å². The molecule has 0 bridgehead atoms. The summed E-state index contributed by atoms with van der Waals surface area (Å²) in [6, 6.07) is 12.7. The quantitative estimate of drug-likeness (QED) is 0.856. The Balaban J connectivity index is 1.41. The lowest BCUT2D eigenvalue weighted by atomic mass is 9.88. The average molecular weight is 298 g/mol. The van der Waals surface area contributed by atoms with E-state index in [1.165, 1.54) is 11.1 Å². The van der Waals surface area contributed by atoms with Crippen LogP contribution in [0, 0.1) is 0 Å². The van der Waals surface area contributed by atoms with Crippen molar-refractivity contribution in [3.8, 4) is 5.75 Å². The Morgan fingerprint density at radius 3 is 2.91 bits per heavy atom. The molecule has 2 atom stereocenters. The summed E-state index contributed by atoms with van der Waals surface area (Å²) in [6.07, 6.45) is 6.09. The molecule has 1 heterocycles. The Morgan fingerprint density at radius 2 is 2.09 bits per heavy atom. The molecule has 0 amide bonds. The first-order valence-electron chi connectivity index (χ1n) is 7.82.